The number of hydrogen-bond acceptors (Lipinski definition) is 4. The predicted molar refractivity (Wildman–Crippen MR) is 65.4 cm³/mol. The minimum atomic E-state index is -0.289. The van der Waals surface area contributed by atoms with Crippen LogP contribution in [0.3, 0.4) is 0 Å². The van der Waals surface area contributed by atoms with Crippen LogP contribution in [0.15, 0.2) is 12.1 Å². The first-order chi connectivity index (χ1) is 7.54. The SMILES string of the molecule is CCCCC(=O)Oc1cc(N)c(Cl)c(N)c1. The lowest BCUT2D eigenvalue weighted by atomic mass is 10.2. The molecule has 0 fully saturated rings. The second-order valence-electron chi connectivity index (χ2n) is 3.49. The topological polar surface area (TPSA) is 78.3 Å². The van der Waals surface area contributed by atoms with Crippen molar-refractivity contribution in [2.45, 2.75) is 26.2 Å². The molecule has 0 aliphatic heterocycles. The van der Waals surface area contributed by atoms with Crippen LogP contribution < -0.4 is 16.2 Å². The average molecular weight is 243 g/mol. The van der Waals surface area contributed by atoms with Crippen molar-refractivity contribution in [3.8, 4) is 5.75 Å². The molecule has 5 heteroatoms. The molecule has 0 radical (unpaired) electrons. The zero-order chi connectivity index (χ0) is 12.1. The molecule has 0 atom stereocenters. The van der Waals surface area contributed by atoms with Gasteiger partial charge in [-0.2, -0.15) is 0 Å². The van der Waals surface area contributed by atoms with E-state index in [2.05, 4.69) is 0 Å². The summed E-state index contributed by atoms with van der Waals surface area (Å²) in [6.07, 6.45) is 2.14. The Balaban J connectivity index is 2.71. The first kappa shape index (κ1) is 12.6. The van der Waals surface area contributed by atoms with Gasteiger partial charge in [-0.25, -0.2) is 0 Å². The summed E-state index contributed by atoms with van der Waals surface area (Å²) < 4.78 is 5.08. The van der Waals surface area contributed by atoms with E-state index in [0.717, 1.165) is 12.8 Å². The number of hydrogen-bond donors (Lipinski definition) is 2. The number of nitrogen functional groups attached to an aromatic ring is 2. The van der Waals surface area contributed by atoms with Crippen molar-refractivity contribution in [3.05, 3.63) is 17.2 Å². The number of anilines is 2. The average Bonchev–Trinajstić information content (AvgIpc) is 2.23. The maximum Gasteiger partial charge on any atom is 0.311 e. The fourth-order valence-electron chi connectivity index (χ4n) is 1.20. The first-order valence-corrected chi connectivity index (χ1v) is 5.47. The number of carbonyl (C=O) groups is 1. The Kier molecular flexibility index (Phi) is 4.43. The highest BCUT2D eigenvalue weighted by Crippen LogP contribution is 2.31. The van der Waals surface area contributed by atoms with E-state index in [9.17, 15) is 4.79 Å². The first-order valence-electron chi connectivity index (χ1n) is 5.09. The highest BCUT2D eigenvalue weighted by Gasteiger charge is 2.08. The Morgan fingerprint density at radius 3 is 2.44 bits per heavy atom. The standard InChI is InChI=1S/C11H15ClN2O2/c1-2-3-4-10(15)16-7-5-8(13)11(12)9(14)6-7/h5-6H,2-4,13-14H2,1H3. The molecular weight excluding hydrogens is 228 g/mol. The quantitative estimate of drug-likeness (QED) is 0.483. The molecule has 0 bridgehead atoms. The summed E-state index contributed by atoms with van der Waals surface area (Å²) in [4.78, 5) is 11.3. The molecule has 4 nitrogen and oxygen atoms in total. The molecule has 88 valence electrons. The van der Waals surface area contributed by atoms with Crippen LogP contribution in [-0.4, -0.2) is 5.97 Å². The van der Waals surface area contributed by atoms with Gasteiger partial charge in [-0.15, -0.1) is 0 Å². The smallest absolute Gasteiger partial charge is 0.311 e. The second kappa shape index (κ2) is 5.61. The van der Waals surface area contributed by atoms with Gasteiger partial charge in [0.1, 0.15) is 5.75 Å². The minimum absolute atomic E-state index is 0.286. The molecule has 0 amide bonds. The summed E-state index contributed by atoms with van der Waals surface area (Å²) in [5.41, 5.74) is 11.8. The molecule has 0 aromatic heterocycles. The van der Waals surface area contributed by atoms with E-state index in [1.807, 2.05) is 6.92 Å². The summed E-state index contributed by atoms with van der Waals surface area (Å²) >= 11 is 5.78. The zero-order valence-electron chi connectivity index (χ0n) is 9.13. The molecular formula is C11H15ClN2O2. The Morgan fingerprint density at radius 2 is 1.94 bits per heavy atom. The summed E-state index contributed by atoms with van der Waals surface area (Å²) in [5, 5.41) is 0.286. The molecule has 0 heterocycles. The lowest BCUT2D eigenvalue weighted by Gasteiger charge is -2.07. The summed E-state index contributed by atoms with van der Waals surface area (Å²) in [7, 11) is 0. The number of carbonyl (C=O) groups excluding carboxylic acids is 1. The van der Waals surface area contributed by atoms with E-state index in [1.54, 1.807) is 0 Å². The summed E-state index contributed by atoms with van der Waals surface area (Å²) in [6, 6.07) is 2.98. The molecule has 1 rings (SSSR count). The number of benzene rings is 1. The van der Waals surface area contributed by atoms with Crippen molar-refractivity contribution in [2.24, 2.45) is 0 Å². The van der Waals surface area contributed by atoms with Gasteiger partial charge in [0.25, 0.3) is 0 Å². The molecule has 0 saturated heterocycles. The van der Waals surface area contributed by atoms with Crippen molar-refractivity contribution < 1.29 is 9.53 Å². The number of unbranched alkanes of at least 4 members (excludes halogenated alkanes) is 1. The summed E-state index contributed by atoms with van der Waals surface area (Å²) in [5.74, 6) is 0.0449. The van der Waals surface area contributed by atoms with Crippen molar-refractivity contribution in [3.63, 3.8) is 0 Å². The molecule has 4 N–H and O–H groups in total. The Morgan fingerprint density at radius 1 is 1.38 bits per heavy atom. The molecule has 0 aliphatic rings. The highest BCUT2D eigenvalue weighted by molar-refractivity contribution is 6.35. The largest absolute Gasteiger partial charge is 0.426 e. The monoisotopic (exact) mass is 242 g/mol. The molecule has 1 aromatic rings. The van der Waals surface area contributed by atoms with Crippen LogP contribution in [0.1, 0.15) is 26.2 Å². The lowest BCUT2D eigenvalue weighted by molar-refractivity contribution is -0.134. The van der Waals surface area contributed by atoms with Gasteiger partial charge in [-0.3, -0.25) is 4.79 Å². The Bertz CT molecular complexity index is 371. The van der Waals surface area contributed by atoms with Crippen molar-refractivity contribution in [2.75, 3.05) is 11.5 Å². The Hall–Kier alpha value is -1.42. The van der Waals surface area contributed by atoms with Crippen LogP contribution >= 0.6 is 11.6 Å². The minimum Gasteiger partial charge on any atom is -0.426 e. The third kappa shape index (κ3) is 3.31. The number of esters is 1. The van der Waals surface area contributed by atoms with E-state index >= 15 is 0 Å². The van der Waals surface area contributed by atoms with Gasteiger partial charge in [0.15, 0.2) is 0 Å². The van der Waals surface area contributed by atoms with E-state index in [1.165, 1.54) is 12.1 Å². The highest BCUT2D eigenvalue weighted by atomic mass is 35.5. The number of nitrogens with two attached hydrogens (primary N) is 2. The molecule has 0 aliphatic carbocycles. The molecule has 0 spiro atoms. The Labute approximate surface area is 99.5 Å². The lowest BCUT2D eigenvalue weighted by Crippen LogP contribution is -2.08. The van der Waals surface area contributed by atoms with Gasteiger partial charge in [0.2, 0.25) is 0 Å². The summed E-state index contributed by atoms with van der Waals surface area (Å²) in [6.45, 7) is 2.01. The molecule has 0 unspecified atom stereocenters. The maximum atomic E-state index is 11.3. The number of ether oxygens (including phenoxy) is 1. The molecule has 1 aromatic carbocycles. The number of rotatable bonds is 4. The van der Waals surface area contributed by atoms with Crippen LogP contribution in [0.5, 0.6) is 5.75 Å². The fraction of sp³-hybridized carbons (Fsp3) is 0.364. The van der Waals surface area contributed by atoms with Gasteiger partial charge in [-0.05, 0) is 6.42 Å². The van der Waals surface area contributed by atoms with Gasteiger partial charge in [-0.1, -0.05) is 24.9 Å². The van der Waals surface area contributed by atoms with Crippen LogP contribution in [0.25, 0.3) is 0 Å². The van der Waals surface area contributed by atoms with Crippen LogP contribution in [0, 0.1) is 0 Å². The predicted octanol–water partition coefficient (Wildman–Crippen LogP) is 2.60. The molecule has 0 saturated carbocycles. The van der Waals surface area contributed by atoms with E-state index in [0.29, 0.717) is 23.5 Å². The van der Waals surface area contributed by atoms with Crippen molar-refractivity contribution in [1.82, 2.24) is 0 Å². The van der Waals surface area contributed by atoms with E-state index < -0.39 is 0 Å². The fourth-order valence-corrected chi connectivity index (χ4v) is 1.31. The van der Waals surface area contributed by atoms with Crippen LogP contribution in [0.2, 0.25) is 5.02 Å². The van der Waals surface area contributed by atoms with E-state index in [-0.39, 0.29) is 11.0 Å². The zero-order valence-corrected chi connectivity index (χ0v) is 9.88. The van der Waals surface area contributed by atoms with Crippen molar-refractivity contribution in [1.29, 1.82) is 0 Å². The maximum absolute atomic E-state index is 11.3. The van der Waals surface area contributed by atoms with Crippen molar-refractivity contribution >= 4 is 28.9 Å². The van der Waals surface area contributed by atoms with Crippen LogP contribution in [0.4, 0.5) is 11.4 Å². The van der Waals surface area contributed by atoms with Gasteiger partial charge >= 0.3 is 5.97 Å². The van der Waals surface area contributed by atoms with Gasteiger partial charge < -0.3 is 16.2 Å². The third-order valence-corrected chi connectivity index (χ3v) is 2.50. The van der Waals surface area contributed by atoms with E-state index in [4.69, 9.17) is 27.8 Å². The third-order valence-electron chi connectivity index (χ3n) is 2.07. The van der Waals surface area contributed by atoms with Gasteiger partial charge in [0.05, 0.1) is 16.4 Å². The normalized spacial score (nSPS) is 10.1. The molecule has 16 heavy (non-hydrogen) atoms. The van der Waals surface area contributed by atoms with Crippen LogP contribution in [-0.2, 0) is 4.79 Å². The second-order valence-corrected chi connectivity index (χ2v) is 3.87. The number of halogens is 1. The van der Waals surface area contributed by atoms with Gasteiger partial charge in [0, 0.05) is 18.6 Å².